The number of ether oxygens (including phenoxy) is 2. The molecule has 2 fully saturated rings. The zero-order chi connectivity index (χ0) is 49.8. The molecule has 27 heteroatoms. The number of hydrogen-bond donors (Lipinski definition) is 8. The largest absolute Gasteiger partial charge is 0.378 e. The van der Waals surface area contributed by atoms with E-state index < -0.39 is 50.3 Å². The Morgan fingerprint density at radius 2 is 0.814 bits per heavy atom. The third kappa shape index (κ3) is 12.7. The van der Waals surface area contributed by atoms with Gasteiger partial charge < -0.3 is 40.5 Å². The Bertz CT molecular complexity index is 3180. The molecular formula is C43H43N9O14S4. The molecule has 0 amide bonds. The summed E-state index contributed by atoms with van der Waals surface area (Å²) >= 11 is 0. The minimum atomic E-state index is -4.93. The average Bonchev–Trinajstić information content (AvgIpc) is 3.31. The van der Waals surface area contributed by atoms with E-state index in [9.17, 15) is 51.9 Å². The van der Waals surface area contributed by atoms with E-state index in [-0.39, 0.29) is 50.1 Å². The number of aromatic nitrogens is 3. The van der Waals surface area contributed by atoms with E-state index in [0.717, 1.165) is 11.8 Å². The summed E-state index contributed by atoms with van der Waals surface area (Å²) in [5.74, 6) is 0.172. The molecule has 368 valence electrons. The van der Waals surface area contributed by atoms with Crippen LogP contribution in [0.4, 0.5) is 57.7 Å². The first-order valence-corrected chi connectivity index (χ1v) is 26.6. The van der Waals surface area contributed by atoms with Crippen LogP contribution in [0.15, 0.2) is 123 Å². The van der Waals surface area contributed by atoms with Gasteiger partial charge in [-0.3, -0.25) is 18.2 Å². The fourth-order valence-corrected chi connectivity index (χ4v) is 9.66. The molecule has 0 saturated carbocycles. The molecule has 2 saturated heterocycles. The van der Waals surface area contributed by atoms with Gasteiger partial charge >= 0.3 is 0 Å². The Labute approximate surface area is 402 Å². The SMILES string of the molecule is O=S(=O)(O)c1ccc(Nc2cc(Nc3ccc(C=Cc4ccc(Nc5nc(Nc6ccc(S(=O)(=O)O)cc6)nc(N6CCOCC6)n5)cc4S(=O)(=O)O)c(S(=O)(=O)O)c3)cc(N3CCOCC3)c2)cc1. The number of rotatable bonds is 16. The maximum Gasteiger partial charge on any atom is 0.295 e. The molecule has 0 unspecified atom stereocenters. The number of anilines is 10. The molecule has 0 spiro atoms. The molecule has 6 aromatic rings. The summed E-state index contributed by atoms with van der Waals surface area (Å²) in [7, 11) is -18.7. The van der Waals surface area contributed by atoms with Crippen molar-refractivity contribution in [3.8, 4) is 0 Å². The van der Waals surface area contributed by atoms with Crippen LogP contribution in [-0.4, -0.2) is 119 Å². The maximum atomic E-state index is 12.8. The Kier molecular flexibility index (Phi) is 14.4. The van der Waals surface area contributed by atoms with Crippen LogP contribution in [-0.2, 0) is 49.9 Å². The first-order valence-electron chi connectivity index (χ1n) is 20.9. The van der Waals surface area contributed by atoms with Gasteiger partial charge in [-0.25, -0.2) is 0 Å². The Hall–Kier alpha value is -6.79. The predicted octanol–water partition coefficient (Wildman–Crippen LogP) is 5.68. The monoisotopic (exact) mass is 1040 g/mol. The lowest BCUT2D eigenvalue weighted by atomic mass is 10.1. The van der Waals surface area contributed by atoms with Gasteiger partial charge in [0.2, 0.25) is 17.8 Å². The van der Waals surface area contributed by atoms with Gasteiger partial charge in [0.05, 0.1) is 36.2 Å². The van der Waals surface area contributed by atoms with Gasteiger partial charge in [0.1, 0.15) is 9.79 Å². The van der Waals surface area contributed by atoms with E-state index in [2.05, 4.69) is 41.1 Å². The Morgan fingerprint density at radius 3 is 1.26 bits per heavy atom. The normalized spacial score (nSPS) is 14.9. The fraction of sp³-hybridized carbons (Fsp3) is 0.186. The smallest absolute Gasteiger partial charge is 0.295 e. The van der Waals surface area contributed by atoms with Crippen LogP contribution in [0, 0.1) is 0 Å². The standard InChI is InChI=1S/C43H43N9O14S4/c53-67(54,55)37-11-7-30(8-12-37)44-34-23-35(25-36(24-34)51-15-19-65-20-16-51)45-32-5-3-28(39(26-32)69(59,60)61)1-2-29-4-6-33(27-40(29)70(62,63)64)47-42-48-41(49-43(50-42)52-17-21-66-22-18-52)46-31-9-13-38(14-10-31)68(56,57)58/h1-14,23-27,44-45H,15-22H2,(H,53,54,55)(H,56,57,58)(H,59,60,61)(H,62,63,64)(H2,46,47,48,49,50). The minimum absolute atomic E-state index is 0.0107. The summed E-state index contributed by atoms with van der Waals surface area (Å²) in [5, 5.41) is 12.2. The molecule has 1 aromatic heterocycles. The van der Waals surface area contributed by atoms with Crippen LogP contribution < -0.4 is 31.1 Å². The van der Waals surface area contributed by atoms with Crippen molar-refractivity contribution in [2.45, 2.75) is 19.6 Å². The van der Waals surface area contributed by atoms with Crippen molar-refractivity contribution in [1.82, 2.24) is 15.0 Å². The molecule has 8 N–H and O–H groups in total. The summed E-state index contributed by atoms with van der Waals surface area (Å²) < 4.78 is 148. The Morgan fingerprint density at radius 1 is 0.429 bits per heavy atom. The third-order valence-corrected chi connectivity index (χ3v) is 14.2. The van der Waals surface area contributed by atoms with Crippen LogP contribution in [0.5, 0.6) is 0 Å². The highest BCUT2D eigenvalue weighted by Gasteiger charge is 2.22. The van der Waals surface area contributed by atoms with E-state index in [1.807, 2.05) is 17.0 Å². The molecule has 70 heavy (non-hydrogen) atoms. The molecule has 8 rings (SSSR count). The molecule has 2 aliphatic rings. The summed E-state index contributed by atoms with van der Waals surface area (Å²) in [6, 6.07) is 24.0. The summed E-state index contributed by atoms with van der Waals surface area (Å²) in [4.78, 5) is 15.5. The van der Waals surface area contributed by atoms with Gasteiger partial charge in [0.25, 0.3) is 40.5 Å². The van der Waals surface area contributed by atoms with E-state index in [4.69, 9.17) is 9.47 Å². The quantitative estimate of drug-likeness (QED) is 0.0427. The van der Waals surface area contributed by atoms with Crippen LogP contribution in [0.25, 0.3) is 12.2 Å². The van der Waals surface area contributed by atoms with Gasteiger partial charge in [-0.15, -0.1) is 0 Å². The van der Waals surface area contributed by atoms with Crippen LogP contribution in [0.2, 0.25) is 0 Å². The highest BCUT2D eigenvalue weighted by molar-refractivity contribution is 7.86. The van der Waals surface area contributed by atoms with Crippen molar-refractivity contribution in [2.75, 3.05) is 83.7 Å². The van der Waals surface area contributed by atoms with E-state index in [1.165, 1.54) is 91.0 Å². The second-order valence-corrected chi connectivity index (χ2v) is 21.2. The molecule has 2 aliphatic heterocycles. The highest BCUT2D eigenvalue weighted by Crippen LogP contribution is 2.33. The van der Waals surface area contributed by atoms with Crippen molar-refractivity contribution in [3.63, 3.8) is 0 Å². The van der Waals surface area contributed by atoms with Crippen molar-refractivity contribution in [2.24, 2.45) is 0 Å². The van der Waals surface area contributed by atoms with Gasteiger partial charge in [-0.2, -0.15) is 48.6 Å². The van der Waals surface area contributed by atoms with Crippen LogP contribution in [0.1, 0.15) is 11.1 Å². The second-order valence-electron chi connectivity index (χ2n) is 15.5. The summed E-state index contributed by atoms with van der Waals surface area (Å²) in [6.45, 7) is 3.77. The number of hydrogen-bond acceptors (Lipinski definition) is 19. The average molecular weight is 1040 g/mol. The van der Waals surface area contributed by atoms with Crippen molar-refractivity contribution in [1.29, 1.82) is 0 Å². The molecule has 3 heterocycles. The molecule has 0 atom stereocenters. The zero-order valence-electron chi connectivity index (χ0n) is 36.4. The van der Waals surface area contributed by atoms with E-state index in [0.29, 0.717) is 75.4 Å². The van der Waals surface area contributed by atoms with Crippen LogP contribution in [0.3, 0.4) is 0 Å². The number of nitrogens with one attached hydrogen (secondary N) is 4. The van der Waals surface area contributed by atoms with E-state index >= 15 is 0 Å². The lowest BCUT2D eigenvalue weighted by molar-refractivity contribution is 0.122. The lowest BCUT2D eigenvalue weighted by Crippen LogP contribution is -2.37. The topological polar surface area (TPSA) is 329 Å². The molecule has 0 bridgehead atoms. The van der Waals surface area contributed by atoms with Crippen molar-refractivity contribution in [3.05, 3.63) is 114 Å². The third-order valence-electron chi connectivity index (χ3n) is 10.6. The van der Waals surface area contributed by atoms with Gasteiger partial charge in [0.15, 0.2) is 0 Å². The fourth-order valence-electron chi connectivity index (χ4n) is 7.28. The zero-order valence-corrected chi connectivity index (χ0v) is 39.6. The number of morpholine rings is 2. The molecule has 23 nitrogen and oxygen atoms in total. The van der Waals surface area contributed by atoms with Crippen molar-refractivity contribution >= 4 is 110 Å². The van der Waals surface area contributed by atoms with Crippen molar-refractivity contribution < 1.29 is 61.4 Å². The van der Waals surface area contributed by atoms with Crippen LogP contribution >= 0.6 is 0 Å². The molecule has 0 radical (unpaired) electrons. The number of nitrogens with zero attached hydrogens (tertiary/aromatic N) is 5. The van der Waals surface area contributed by atoms with Gasteiger partial charge in [-0.05, 0) is 102 Å². The number of benzene rings is 5. The van der Waals surface area contributed by atoms with Gasteiger partial charge in [-0.1, -0.05) is 24.3 Å². The Balaban J connectivity index is 1.06. The lowest BCUT2D eigenvalue weighted by Gasteiger charge is -2.30. The molecule has 0 aliphatic carbocycles. The predicted molar refractivity (Wildman–Crippen MR) is 259 cm³/mol. The summed E-state index contributed by atoms with van der Waals surface area (Å²) in [6.07, 6.45) is 2.49. The second kappa shape index (κ2) is 20.3. The first-order chi connectivity index (χ1) is 33.1. The summed E-state index contributed by atoms with van der Waals surface area (Å²) in [5.41, 5.74) is 2.93. The first kappa shape index (κ1) is 49.6. The highest BCUT2D eigenvalue weighted by atomic mass is 32.2. The van der Waals surface area contributed by atoms with Gasteiger partial charge in [0, 0.05) is 66.0 Å². The maximum absolute atomic E-state index is 12.8. The van der Waals surface area contributed by atoms with E-state index in [1.54, 1.807) is 6.07 Å². The minimum Gasteiger partial charge on any atom is -0.378 e. The molecular weight excluding hydrogens is 995 g/mol. The molecule has 5 aromatic carbocycles.